The van der Waals surface area contributed by atoms with Gasteiger partial charge in [0.05, 0.1) is 42.1 Å². The molecule has 2 atom stereocenters. The smallest absolute Gasteiger partial charge is 0.306 e. The Morgan fingerprint density at radius 2 is 1.47 bits per heavy atom. The summed E-state index contributed by atoms with van der Waals surface area (Å²) >= 11 is 0. The zero-order chi connectivity index (χ0) is 22.9. The number of nitro groups is 1. The van der Waals surface area contributed by atoms with Gasteiger partial charge in [0, 0.05) is 32.4 Å². The minimum absolute atomic E-state index is 0.0173. The molecule has 2 aliphatic heterocycles. The van der Waals surface area contributed by atoms with Crippen LogP contribution in [0.2, 0.25) is 0 Å². The zero-order valence-electron chi connectivity index (χ0n) is 18.4. The van der Waals surface area contributed by atoms with Crippen LogP contribution in [0.5, 0.6) is 0 Å². The summed E-state index contributed by atoms with van der Waals surface area (Å²) in [6, 6.07) is 0. The van der Waals surface area contributed by atoms with E-state index in [0.717, 1.165) is 65.0 Å². The van der Waals surface area contributed by atoms with Crippen molar-refractivity contribution in [1.82, 2.24) is 29.4 Å². The van der Waals surface area contributed by atoms with Gasteiger partial charge in [-0.05, 0) is 38.8 Å². The Morgan fingerprint density at radius 1 is 0.938 bits per heavy atom. The van der Waals surface area contributed by atoms with Crippen LogP contribution >= 0.6 is 0 Å². The van der Waals surface area contributed by atoms with E-state index in [4.69, 9.17) is 5.73 Å². The number of hydrogen-bond acceptors (Lipinski definition) is 9. The van der Waals surface area contributed by atoms with E-state index in [2.05, 4.69) is 20.0 Å². The van der Waals surface area contributed by atoms with Crippen LogP contribution in [-0.2, 0) is 13.1 Å². The van der Waals surface area contributed by atoms with Crippen LogP contribution in [0, 0.1) is 10.1 Å². The Hall–Kier alpha value is -2.54. The number of aromatic nitrogens is 4. The Bertz CT molecular complexity index is 841. The molecule has 178 valence electrons. The lowest BCUT2D eigenvalue weighted by atomic mass is 10.1. The number of aliphatic hydroxyl groups is 2. The van der Waals surface area contributed by atoms with Gasteiger partial charge in [-0.2, -0.15) is 10.2 Å². The molecule has 0 radical (unpaired) electrons. The van der Waals surface area contributed by atoms with Crippen LogP contribution < -0.4 is 5.73 Å². The maximum absolute atomic E-state index is 10.5. The normalized spacial score (nSPS) is 22.3. The zero-order valence-corrected chi connectivity index (χ0v) is 18.4. The maximum Gasteiger partial charge on any atom is 0.306 e. The monoisotopic (exact) mass is 450 g/mol. The van der Waals surface area contributed by atoms with Crippen molar-refractivity contribution < 1.29 is 15.1 Å². The maximum atomic E-state index is 10.5. The quantitative estimate of drug-likeness (QED) is 0.396. The van der Waals surface area contributed by atoms with Crippen LogP contribution in [0.1, 0.15) is 25.7 Å². The highest BCUT2D eigenvalue weighted by Gasteiger charge is 2.18. The third kappa shape index (κ3) is 7.86. The highest BCUT2D eigenvalue weighted by atomic mass is 16.6. The molecule has 2 aromatic heterocycles. The van der Waals surface area contributed by atoms with Crippen molar-refractivity contribution in [3.8, 4) is 0 Å². The molecular weight excluding hydrogens is 416 g/mol. The van der Waals surface area contributed by atoms with Gasteiger partial charge in [-0.1, -0.05) is 0 Å². The summed E-state index contributed by atoms with van der Waals surface area (Å²) < 4.78 is 3.41. The summed E-state index contributed by atoms with van der Waals surface area (Å²) in [6.07, 6.45) is 9.67. The number of likely N-dealkylation sites (tertiary alicyclic amines) is 2. The number of nitrogens with two attached hydrogens (primary N) is 1. The fraction of sp³-hybridized carbons (Fsp3) is 0.700. The topological polar surface area (TPSA) is 152 Å². The number of hydrogen-bond donors (Lipinski definition) is 3. The summed E-state index contributed by atoms with van der Waals surface area (Å²) in [4.78, 5) is 14.4. The first-order valence-electron chi connectivity index (χ1n) is 11.1. The molecule has 2 saturated heterocycles. The molecule has 4 rings (SSSR count). The fourth-order valence-electron chi connectivity index (χ4n) is 4.03. The number of β-amino-alcohol motifs (C(OH)–C–C–N with tert-alkyl or cyclic N) is 2. The third-order valence-electron chi connectivity index (χ3n) is 5.74. The van der Waals surface area contributed by atoms with Crippen LogP contribution in [0.3, 0.4) is 0 Å². The number of anilines is 1. The van der Waals surface area contributed by atoms with Crippen LogP contribution in [0.4, 0.5) is 11.4 Å². The molecule has 2 aliphatic rings. The lowest BCUT2D eigenvalue weighted by Crippen LogP contribution is -2.39. The Morgan fingerprint density at radius 3 is 1.91 bits per heavy atom. The van der Waals surface area contributed by atoms with Crippen molar-refractivity contribution in [3.05, 3.63) is 34.9 Å². The second-order valence-corrected chi connectivity index (χ2v) is 8.45. The molecule has 2 unspecified atom stereocenters. The first kappa shape index (κ1) is 24.1. The Balaban J connectivity index is 0.000000182. The molecule has 0 spiro atoms. The summed E-state index contributed by atoms with van der Waals surface area (Å²) in [6.45, 7) is 6.66. The molecule has 12 heteroatoms. The average Bonchev–Trinajstić information content (AvgIpc) is 3.40. The molecule has 4 N–H and O–H groups in total. The first-order chi connectivity index (χ1) is 15.4. The molecule has 12 nitrogen and oxygen atoms in total. The molecule has 0 bridgehead atoms. The predicted molar refractivity (Wildman–Crippen MR) is 119 cm³/mol. The van der Waals surface area contributed by atoms with Crippen molar-refractivity contribution in [1.29, 1.82) is 0 Å². The highest BCUT2D eigenvalue weighted by Crippen LogP contribution is 2.11. The van der Waals surface area contributed by atoms with Crippen molar-refractivity contribution >= 4 is 11.4 Å². The van der Waals surface area contributed by atoms with E-state index in [1.54, 1.807) is 10.9 Å². The molecule has 2 aromatic rings. The number of aliphatic hydroxyl groups excluding tert-OH is 2. The Kier molecular flexibility index (Phi) is 8.97. The molecule has 0 aromatic carbocycles. The SMILES string of the molecule is Nc1cnn(CCN2CCCC(O)C2)c1.O=[N+]([O-])c1cnn(CCN2CCCC(O)C2)c1. The minimum Gasteiger partial charge on any atom is -0.396 e. The summed E-state index contributed by atoms with van der Waals surface area (Å²) in [5.74, 6) is 0. The summed E-state index contributed by atoms with van der Waals surface area (Å²) in [7, 11) is 0. The van der Waals surface area contributed by atoms with E-state index < -0.39 is 4.92 Å². The minimum atomic E-state index is -0.450. The molecule has 0 aliphatic carbocycles. The second kappa shape index (κ2) is 11.9. The molecular formula is C20H34N8O4. The van der Waals surface area contributed by atoms with Gasteiger partial charge in [-0.25, -0.2) is 0 Å². The van der Waals surface area contributed by atoms with Gasteiger partial charge in [-0.15, -0.1) is 0 Å². The van der Waals surface area contributed by atoms with Crippen molar-refractivity contribution in [2.75, 3.05) is 45.0 Å². The van der Waals surface area contributed by atoms with E-state index in [1.807, 2.05) is 10.9 Å². The van der Waals surface area contributed by atoms with E-state index in [-0.39, 0.29) is 17.9 Å². The van der Waals surface area contributed by atoms with Crippen LogP contribution in [0.15, 0.2) is 24.8 Å². The van der Waals surface area contributed by atoms with E-state index in [9.17, 15) is 20.3 Å². The summed E-state index contributed by atoms with van der Waals surface area (Å²) in [5, 5.41) is 37.5. The van der Waals surface area contributed by atoms with Crippen LogP contribution in [-0.4, -0.2) is 96.0 Å². The third-order valence-corrected chi connectivity index (χ3v) is 5.74. The molecule has 32 heavy (non-hydrogen) atoms. The predicted octanol–water partition coefficient (Wildman–Crippen LogP) is 0.170. The van der Waals surface area contributed by atoms with Gasteiger partial charge in [-0.3, -0.25) is 29.3 Å². The van der Waals surface area contributed by atoms with Crippen molar-refractivity contribution in [3.63, 3.8) is 0 Å². The molecule has 0 saturated carbocycles. The molecule has 4 heterocycles. The average molecular weight is 451 g/mol. The fourth-order valence-corrected chi connectivity index (χ4v) is 4.03. The standard InChI is InChI=1S/C10H16N4O3.C10H18N4O/c15-10-2-1-3-12(8-10)4-5-13-7-9(6-11-13)14(16)17;11-9-6-12-14(7-9)5-4-13-3-1-2-10(15)8-13/h6-7,10,15H,1-5,8H2;6-7,10,15H,1-5,8,11H2. The van der Waals surface area contributed by atoms with Gasteiger partial charge in [0.25, 0.3) is 0 Å². The molecule has 0 amide bonds. The van der Waals surface area contributed by atoms with Crippen LogP contribution in [0.25, 0.3) is 0 Å². The van der Waals surface area contributed by atoms with Gasteiger partial charge in [0.2, 0.25) is 0 Å². The van der Waals surface area contributed by atoms with E-state index >= 15 is 0 Å². The van der Waals surface area contributed by atoms with Crippen molar-refractivity contribution in [2.24, 2.45) is 0 Å². The second-order valence-electron chi connectivity index (χ2n) is 8.45. The van der Waals surface area contributed by atoms with E-state index in [0.29, 0.717) is 18.8 Å². The molecule has 2 fully saturated rings. The number of rotatable bonds is 7. The first-order valence-corrected chi connectivity index (χ1v) is 11.1. The Labute approximate surface area is 187 Å². The number of piperidine rings is 2. The van der Waals surface area contributed by atoms with Gasteiger partial charge in [0.1, 0.15) is 12.4 Å². The summed E-state index contributed by atoms with van der Waals surface area (Å²) in [5.41, 5.74) is 6.29. The van der Waals surface area contributed by atoms with Gasteiger partial charge in [0.15, 0.2) is 0 Å². The van der Waals surface area contributed by atoms with Gasteiger partial charge < -0.3 is 15.9 Å². The number of nitrogens with zero attached hydrogens (tertiary/aromatic N) is 7. The van der Waals surface area contributed by atoms with Crippen molar-refractivity contribution in [2.45, 2.75) is 51.0 Å². The lowest BCUT2D eigenvalue weighted by Gasteiger charge is -2.29. The van der Waals surface area contributed by atoms with Gasteiger partial charge >= 0.3 is 5.69 Å². The van der Waals surface area contributed by atoms with E-state index in [1.165, 1.54) is 12.4 Å². The highest BCUT2D eigenvalue weighted by molar-refractivity contribution is 5.30. The largest absolute Gasteiger partial charge is 0.396 e. The number of nitrogen functional groups attached to an aromatic ring is 1. The lowest BCUT2D eigenvalue weighted by molar-refractivity contribution is -0.385.